The molecule has 4 fully saturated rings. The normalized spacial score (nSPS) is 53.9. The van der Waals surface area contributed by atoms with E-state index in [4.69, 9.17) is 9.47 Å². The number of halogens is 1. The van der Waals surface area contributed by atoms with Gasteiger partial charge in [-0.05, 0) is 61.7 Å². The monoisotopic (exact) mass is 410 g/mol. The van der Waals surface area contributed by atoms with Gasteiger partial charge in [0.15, 0.2) is 5.79 Å². The third kappa shape index (κ3) is 2.14. The van der Waals surface area contributed by atoms with Gasteiger partial charge >= 0.3 is 0 Å². The van der Waals surface area contributed by atoms with E-state index in [9.17, 15) is 5.11 Å². The molecule has 1 N–H and O–H groups in total. The summed E-state index contributed by atoms with van der Waals surface area (Å²) in [7, 11) is 0. The topological polar surface area (TPSA) is 38.7 Å². The van der Waals surface area contributed by atoms with E-state index in [-0.39, 0.29) is 22.7 Å². The quantitative estimate of drug-likeness (QED) is 0.474. The van der Waals surface area contributed by atoms with Crippen molar-refractivity contribution < 1.29 is 14.6 Å². The van der Waals surface area contributed by atoms with Gasteiger partial charge in [-0.25, -0.2) is 0 Å². The van der Waals surface area contributed by atoms with Crippen molar-refractivity contribution in [2.45, 2.75) is 75.5 Å². The molecule has 0 radical (unpaired) electrons. The van der Waals surface area contributed by atoms with Crippen LogP contribution in [-0.2, 0) is 9.47 Å². The maximum atomic E-state index is 10.2. The highest BCUT2D eigenvalue weighted by atomic mass is 79.9. The van der Waals surface area contributed by atoms with Crippen LogP contribution in [0.4, 0.5) is 0 Å². The minimum Gasteiger partial charge on any atom is -0.393 e. The van der Waals surface area contributed by atoms with E-state index < -0.39 is 0 Å². The number of alkyl halides is 1. The number of aliphatic hydroxyl groups is 1. The number of allylic oxidation sites excluding steroid dienone is 1. The average molecular weight is 411 g/mol. The third-order valence-electron chi connectivity index (χ3n) is 8.86. The number of hydrogen-bond donors (Lipinski definition) is 1. The summed E-state index contributed by atoms with van der Waals surface area (Å²) < 4.78 is 12.5. The molecule has 25 heavy (non-hydrogen) atoms. The van der Waals surface area contributed by atoms with Gasteiger partial charge in [0.05, 0.1) is 19.3 Å². The van der Waals surface area contributed by atoms with E-state index >= 15 is 0 Å². The molecule has 0 amide bonds. The maximum absolute atomic E-state index is 10.2. The molecular weight excluding hydrogens is 380 g/mol. The van der Waals surface area contributed by atoms with Gasteiger partial charge in [-0.2, -0.15) is 0 Å². The molecule has 4 unspecified atom stereocenters. The van der Waals surface area contributed by atoms with Crippen LogP contribution in [0.15, 0.2) is 11.6 Å². The molecule has 140 valence electrons. The standard InChI is InChI=1S/C21H31BrO3/c1-19-6-3-14(23)11-13(19)12-17(22)18-15(19)4-7-20(2)16(18)5-8-21(20)24-9-10-25-21/h12,14-18,23H,3-11H2,1-2H3/t14-,15?,16?,17?,18?,19-,20-/m0/s1. The van der Waals surface area contributed by atoms with Crippen LogP contribution in [0.1, 0.15) is 58.8 Å². The summed E-state index contributed by atoms with van der Waals surface area (Å²) in [6, 6.07) is 0. The van der Waals surface area contributed by atoms with Crippen molar-refractivity contribution in [2.75, 3.05) is 13.2 Å². The zero-order valence-corrected chi connectivity index (χ0v) is 17.1. The summed E-state index contributed by atoms with van der Waals surface area (Å²) >= 11 is 4.05. The lowest BCUT2D eigenvalue weighted by molar-refractivity contribution is -0.241. The fourth-order valence-electron chi connectivity index (χ4n) is 7.47. The van der Waals surface area contributed by atoms with Crippen LogP contribution < -0.4 is 0 Å². The van der Waals surface area contributed by atoms with E-state index in [0.29, 0.717) is 16.7 Å². The molecule has 1 heterocycles. The van der Waals surface area contributed by atoms with Crippen molar-refractivity contribution in [1.82, 2.24) is 0 Å². The Morgan fingerprint density at radius 3 is 2.52 bits per heavy atom. The molecule has 1 spiro atoms. The molecule has 4 aliphatic carbocycles. The fraction of sp³-hybridized carbons (Fsp3) is 0.905. The number of ether oxygens (including phenoxy) is 2. The molecule has 5 aliphatic rings. The predicted octanol–water partition coefficient (Wildman–Crippen LogP) is 4.43. The molecule has 0 aromatic heterocycles. The van der Waals surface area contributed by atoms with Crippen molar-refractivity contribution in [3.63, 3.8) is 0 Å². The Morgan fingerprint density at radius 2 is 1.76 bits per heavy atom. The Balaban J connectivity index is 1.53. The van der Waals surface area contributed by atoms with Gasteiger partial charge < -0.3 is 14.6 Å². The van der Waals surface area contributed by atoms with Crippen molar-refractivity contribution in [1.29, 1.82) is 0 Å². The summed E-state index contributed by atoms with van der Waals surface area (Å²) in [5.74, 6) is 1.73. The van der Waals surface area contributed by atoms with Gasteiger partial charge in [0.1, 0.15) is 0 Å². The number of fused-ring (bicyclic) bond motifs is 6. The third-order valence-corrected chi connectivity index (χ3v) is 9.74. The molecule has 0 aromatic carbocycles. The molecule has 1 aliphatic heterocycles. The molecule has 1 saturated heterocycles. The van der Waals surface area contributed by atoms with E-state index in [1.54, 1.807) is 0 Å². The smallest absolute Gasteiger partial charge is 0.174 e. The van der Waals surface area contributed by atoms with Crippen molar-refractivity contribution >= 4 is 15.9 Å². The Bertz CT molecular complexity index is 598. The second-order valence-electron chi connectivity index (χ2n) is 9.69. The van der Waals surface area contributed by atoms with Crippen molar-refractivity contribution in [3.8, 4) is 0 Å². The van der Waals surface area contributed by atoms with Crippen LogP contribution in [0, 0.1) is 28.6 Å². The molecule has 5 rings (SSSR count). The second kappa shape index (κ2) is 5.56. The molecule has 0 bridgehead atoms. The number of aliphatic hydroxyl groups excluding tert-OH is 1. The minimum absolute atomic E-state index is 0.139. The molecule has 3 nitrogen and oxygen atoms in total. The average Bonchev–Trinajstić information content (AvgIpc) is 3.17. The predicted molar refractivity (Wildman–Crippen MR) is 100 cm³/mol. The molecule has 0 aromatic rings. The number of rotatable bonds is 0. The summed E-state index contributed by atoms with van der Waals surface area (Å²) in [6.07, 6.45) is 10.1. The van der Waals surface area contributed by atoms with Crippen LogP contribution in [-0.4, -0.2) is 35.0 Å². The zero-order valence-electron chi connectivity index (χ0n) is 15.5. The van der Waals surface area contributed by atoms with Crippen LogP contribution in [0.2, 0.25) is 0 Å². The van der Waals surface area contributed by atoms with E-state index in [2.05, 4.69) is 35.9 Å². The molecular formula is C21H31BrO3. The molecule has 7 atom stereocenters. The van der Waals surface area contributed by atoms with E-state index in [1.165, 1.54) is 24.8 Å². The minimum atomic E-state index is -0.316. The van der Waals surface area contributed by atoms with E-state index in [1.807, 2.05) is 0 Å². The first-order valence-electron chi connectivity index (χ1n) is 10.2. The first-order valence-corrected chi connectivity index (χ1v) is 11.1. The second-order valence-corrected chi connectivity index (χ2v) is 10.7. The van der Waals surface area contributed by atoms with Crippen LogP contribution in [0.3, 0.4) is 0 Å². The van der Waals surface area contributed by atoms with Crippen LogP contribution in [0.25, 0.3) is 0 Å². The summed E-state index contributed by atoms with van der Waals surface area (Å²) in [6.45, 7) is 6.44. The SMILES string of the molecule is C[C@]12CC[C@H](O)CC1=CC(Br)C1C2CC[C@@]2(C)C1CCC21OCCO1. The summed E-state index contributed by atoms with van der Waals surface area (Å²) in [4.78, 5) is 0.423. The van der Waals surface area contributed by atoms with E-state index in [0.717, 1.165) is 44.8 Å². The van der Waals surface area contributed by atoms with Crippen LogP contribution >= 0.6 is 15.9 Å². The highest BCUT2D eigenvalue weighted by Gasteiger charge is 2.67. The van der Waals surface area contributed by atoms with Gasteiger partial charge in [-0.1, -0.05) is 41.4 Å². The number of hydrogen-bond acceptors (Lipinski definition) is 3. The lowest BCUT2D eigenvalue weighted by Crippen LogP contribution is -2.57. The highest BCUT2D eigenvalue weighted by molar-refractivity contribution is 9.09. The maximum Gasteiger partial charge on any atom is 0.174 e. The Kier molecular flexibility index (Phi) is 3.83. The van der Waals surface area contributed by atoms with Gasteiger partial charge in [0.2, 0.25) is 0 Å². The zero-order chi connectivity index (χ0) is 17.4. The lowest BCUT2D eigenvalue weighted by atomic mass is 9.47. The van der Waals surface area contributed by atoms with Crippen molar-refractivity contribution in [3.05, 3.63) is 11.6 Å². The molecule has 4 heteroatoms. The van der Waals surface area contributed by atoms with Gasteiger partial charge in [-0.3, -0.25) is 0 Å². The van der Waals surface area contributed by atoms with Gasteiger partial charge in [0, 0.05) is 16.7 Å². The Hall–Kier alpha value is 0.1000. The largest absolute Gasteiger partial charge is 0.393 e. The fourth-order valence-corrected chi connectivity index (χ4v) is 8.53. The summed E-state index contributed by atoms with van der Waals surface area (Å²) in [5, 5.41) is 10.2. The lowest BCUT2D eigenvalue weighted by Gasteiger charge is -2.59. The Morgan fingerprint density at radius 1 is 1.04 bits per heavy atom. The van der Waals surface area contributed by atoms with Gasteiger partial charge in [0.25, 0.3) is 0 Å². The highest BCUT2D eigenvalue weighted by Crippen LogP contribution is 2.69. The first kappa shape index (κ1) is 17.2. The van der Waals surface area contributed by atoms with Gasteiger partial charge in [-0.15, -0.1) is 0 Å². The first-order chi connectivity index (χ1) is 11.9. The summed E-state index contributed by atoms with van der Waals surface area (Å²) in [5.41, 5.74) is 1.94. The molecule has 3 saturated carbocycles. The van der Waals surface area contributed by atoms with Crippen LogP contribution in [0.5, 0.6) is 0 Å². The van der Waals surface area contributed by atoms with Crippen molar-refractivity contribution in [2.24, 2.45) is 28.6 Å². The Labute approximate surface area is 159 Å².